The van der Waals surface area contributed by atoms with Crippen LogP contribution in [0.3, 0.4) is 0 Å². The van der Waals surface area contributed by atoms with Crippen LogP contribution in [-0.4, -0.2) is 44.0 Å². The Bertz CT molecular complexity index is 884. The molecule has 29 heavy (non-hydrogen) atoms. The molecule has 1 aliphatic heterocycles. The summed E-state index contributed by atoms with van der Waals surface area (Å²) in [6, 6.07) is 10.9. The minimum atomic E-state index is -0.000430. The number of hydrogen-bond donors (Lipinski definition) is 2. The number of rotatable bonds is 3. The number of carbonyl (C=O) groups is 1. The van der Waals surface area contributed by atoms with Gasteiger partial charge < -0.3 is 16.0 Å². The van der Waals surface area contributed by atoms with Crippen molar-refractivity contribution in [1.29, 1.82) is 0 Å². The van der Waals surface area contributed by atoms with Crippen LogP contribution in [0.4, 0.5) is 0 Å². The molecule has 1 aromatic heterocycles. The number of thiophene rings is 1. The Hall–Kier alpha value is -1.37. The Morgan fingerprint density at radius 3 is 2.55 bits per heavy atom. The van der Waals surface area contributed by atoms with Gasteiger partial charge in [-0.05, 0) is 61.1 Å². The summed E-state index contributed by atoms with van der Waals surface area (Å²) in [5.41, 5.74) is 12.5. The molecule has 0 saturated carbocycles. The summed E-state index contributed by atoms with van der Waals surface area (Å²) in [6.45, 7) is 3.19. The van der Waals surface area contributed by atoms with Gasteiger partial charge in [0.15, 0.2) is 0 Å². The van der Waals surface area contributed by atoms with Gasteiger partial charge in [-0.1, -0.05) is 29.8 Å². The van der Waals surface area contributed by atoms with Crippen molar-refractivity contribution in [3.63, 3.8) is 0 Å². The summed E-state index contributed by atoms with van der Waals surface area (Å²) < 4.78 is 0. The minimum absolute atomic E-state index is 0. The number of aryl methyl sites for hydroxylation is 2. The average Bonchev–Trinajstić information content (AvgIpc) is 3.04. The molecule has 1 aliphatic carbocycles. The van der Waals surface area contributed by atoms with Crippen LogP contribution in [0.25, 0.3) is 5.57 Å². The van der Waals surface area contributed by atoms with E-state index < -0.39 is 0 Å². The fraction of sp³-hybridized carbons (Fsp3) is 0.409. The number of benzene rings is 1. The summed E-state index contributed by atoms with van der Waals surface area (Å²) in [6.07, 6.45) is 4.23. The summed E-state index contributed by atoms with van der Waals surface area (Å²) >= 11 is 1.65. The average molecular weight is 454 g/mol. The zero-order valence-corrected chi connectivity index (χ0v) is 19.2. The third kappa shape index (κ3) is 5.04. The van der Waals surface area contributed by atoms with Gasteiger partial charge in [0.05, 0.1) is 4.88 Å². The maximum atomic E-state index is 12.5. The molecule has 0 atom stereocenters. The summed E-state index contributed by atoms with van der Waals surface area (Å²) in [4.78, 5) is 17.0. The number of carbonyl (C=O) groups excluding carboxylic acids is 1. The fourth-order valence-corrected chi connectivity index (χ4v) is 5.19. The SMILES string of the molecule is CN1CCC(=C2c3ccccc3CCc3sc(C(=O)NCCN)cc32)CC1.Cl.Cl. The molecule has 2 aromatic rings. The van der Waals surface area contributed by atoms with Gasteiger partial charge in [-0.15, -0.1) is 36.2 Å². The van der Waals surface area contributed by atoms with Crippen molar-refractivity contribution in [1.82, 2.24) is 10.2 Å². The molecular formula is C22H29Cl2N3OS. The van der Waals surface area contributed by atoms with E-state index in [2.05, 4.69) is 47.6 Å². The molecule has 2 heterocycles. The van der Waals surface area contributed by atoms with Crippen LogP contribution in [0.15, 0.2) is 35.9 Å². The van der Waals surface area contributed by atoms with E-state index in [-0.39, 0.29) is 30.7 Å². The molecule has 0 unspecified atom stereocenters. The highest BCUT2D eigenvalue weighted by atomic mass is 35.5. The van der Waals surface area contributed by atoms with Gasteiger partial charge in [-0.25, -0.2) is 0 Å². The Balaban J connectivity index is 0.00000150. The number of halogens is 2. The normalized spacial score (nSPS) is 16.1. The van der Waals surface area contributed by atoms with Crippen molar-refractivity contribution in [2.45, 2.75) is 25.7 Å². The molecule has 4 rings (SSSR count). The molecule has 158 valence electrons. The molecule has 0 spiro atoms. The maximum Gasteiger partial charge on any atom is 0.261 e. The lowest BCUT2D eigenvalue weighted by molar-refractivity contribution is 0.0959. The summed E-state index contributed by atoms with van der Waals surface area (Å²) in [5, 5.41) is 2.92. The number of fused-ring (bicyclic) bond motifs is 2. The van der Waals surface area contributed by atoms with E-state index in [0.717, 1.165) is 43.6 Å². The lowest BCUT2D eigenvalue weighted by Gasteiger charge is -2.27. The zero-order valence-electron chi connectivity index (χ0n) is 16.7. The Labute approximate surface area is 189 Å². The first kappa shape index (κ1) is 23.9. The second-order valence-electron chi connectivity index (χ2n) is 7.43. The van der Waals surface area contributed by atoms with Crippen LogP contribution in [0.1, 0.15) is 44.1 Å². The van der Waals surface area contributed by atoms with Crippen LogP contribution >= 0.6 is 36.2 Å². The largest absolute Gasteiger partial charge is 0.350 e. The van der Waals surface area contributed by atoms with Gasteiger partial charge >= 0.3 is 0 Å². The topological polar surface area (TPSA) is 58.4 Å². The monoisotopic (exact) mass is 453 g/mol. The number of piperidine rings is 1. The number of hydrogen-bond acceptors (Lipinski definition) is 4. The van der Waals surface area contributed by atoms with Crippen molar-refractivity contribution in [2.75, 3.05) is 33.2 Å². The van der Waals surface area contributed by atoms with Gasteiger partial charge in [0.2, 0.25) is 0 Å². The van der Waals surface area contributed by atoms with Gasteiger partial charge in [-0.2, -0.15) is 0 Å². The van der Waals surface area contributed by atoms with Gasteiger partial charge in [0.25, 0.3) is 5.91 Å². The smallest absolute Gasteiger partial charge is 0.261 e. The predicted octanol–water partition coefficient (Wildman–Crippen LogP) is 3.91. The first-order valence-electron chi connectivity index (χ1n) is 9.77. The van der Waals surface area contributed by atoms with Gasteiger partial charge in [0.1, 0.15) is 0 Å². The lowest BCUT2D eigenvalue weighted by Crippen LogP contribution is -2.28. The lowest BCUT2D eigenvalue weighted by atomic mass is 9.87. The van der Waals surface area contributed by atoms with E-state index in [4.69, 9.17) is 5.73 Å². The Morgan fingerprint density at radius 1 is 1.10 bits per heavy atom. The third-order valence-corrected chi connectivity index (χ3v) is 6.78. The second-order valence-corrected chi connectivity index (χ2v) is 8.57. The molecule has 7 heteroatoms. The number of likely N-dealkylation sites (tertiary alicyclic amines) is 1. The maximum absolute atomic E-state index is 12.5. The molecule has 4 nitrogen and oxygen atoms in total. The standard InChI is InChI=1S/C22H27N3OS.2ClH/c1-25-12-8-16(9-13-25)21-17-5-3-2-4-15(17)6-7-19-18(21)14-20(27-19)22(26)24-11-10-23;;/h2-5,14H,6-13,23H2,1H3,(H,24,26);2*1H. The van der Waals surface area contributed by atoms with Crippen LogP contribution < -0.4 is 11.1 Å². The molecule has 1 saturated heterocycles. The first-order chi connectivity index (χ1) is 13.2. The van der Waals surface area contributed by atoms with Crippen molar-refractivity contribution in [3.8, 4) is 0 Å². The number of nitrogens with two attached hydrogens (primary N) is 1. The van der Waals surface area contributed by atoms with E-state index in [1.807, 2.05) is 0 Å². The van der Waals surface area contributed by atoms with Gasteiger partial charge in [-0.3, -0.25) is 4.79 Å². The second kappa shape index (κ2) is 10.6. The highest BCUT2D eigenvalue weighted by molar-refractivity contribution is 7.14. The molecule has 0 radical (unpaired) electrons. The third-order valence-electron chi connectivity index (χ3n) is 5.58. The minimum Gasteiger partial charge on any atom is -0.350 e. The summed E-state index contributed by atoms with van der Waals surface area (Å²) in [7, 11) is 2.19. The van der Waals surface area contributed by atoms with E-state index in [1.54, 1.807) is 11.3 Å². The van der Waals surface area contributed by atoms with Crippen LogP contribution in [-0.2, 0) is 12.8 Å². The molecule has 1 aromatic carbocycles. The molecular weight excluding hydrogens is 425 g/mol. The van der Waals surface area contributed by atoms with E-state index in [0.29, 0.717) is 13.1 Å². The van der Waals surface area contributed by atoms with E-state index in [1.165, 1.54) is 32.7 Å². The molecule has 0 bridgehead atoms. The van der Waals surface area contributed by atoms with Crippen molar-refractivity contribution < 1.29 is 4.79 Å². The first-order valence-corrected chi connectivity index (χ1v) is 10.6. The van der Waals surface area contributed by atoms with Crippen molar-refractivity contribution in [3.05, 3.63) is 62.3 Å². The molecule has 3 N–H and O–H groups in total. The predicted molar refractivity (Wildman–Crippen MR) is 127 cm³/mol. The molecule has 1 amide bonds. The molecule has 1 fully saturated rings. The number of amides is 1. The van der Waals surface area contributed by atoms with Gasteiger partial charge in [0, 0.05) is 31.1 Å². The number of nitrogens with zero attached hydrogens (tertiary/aromatic N) is 1. The Morgan fingerprint density at radius 2 is 1.83 bits per heavy atom. The van der Waals surface area contributed by atoms with Crippen molar-refractivity contribution >= 4 is 47.6 Å². The van der Waals surface area contributed by atoms with E-state index in [9.17, 15) is 4.79 Å². The summed E-state index contributed by atoms with van der Waals surface area (Å²) in [5.74, 6) is -0.000430. The van der Waals surface area contributed by atoms with E-state index >= 15 is 0 Å². The zero-order chi connectivity index (χ0) is 18.8. The molecule has 2 aliphatic rings. The highest BCUT2D eigenvalue weighted by Crippen LogP contribution is 2.41. The quantitative estimate of drug-likeness (QED) is 0.740. The number of nitrogens with one attached hydrogen (secondary N) is 1. The Kier molecular flexibility index (Phi) is 8.73. The van der Waals surface area contributed by atoms with Crippen LogP contribution in [0.2, 0.25) is 0 Å². The van der Waals surface area contributed by atoms with Crippen LogP contribution in [0.5, 0.6) is 0 Å². The highest BCUT2D eigenvalue weighted by Gasteiger charge is 2.26. The fourth-order valence-electron chi connectivity index (χ4n) is 4.11. The van der Waals surface area contributed by atoms with Crippen LogP contribution in [0, 0.1) is 0 Å². The van der Waals surface area contributed by atoms with Crippen molar-refractivity contribution in [2.24, 2.45) is 5.73 Å².